The Morgan fingerprint density at radius 1 is 1.11 bits per heavy atom. The van der Waals surface area contributed by atoms with Crippen molar-refractivity contribution in [1.29, 1.82) is 0 Å². The van der Waals surface area contributed by atoms with Crippen LogP contribution in [-0.2, 0) is 0 Å². The molecule has 1 nitrogen and oxygen atoms in total. The van der Waals surface area contributed by atoms with E-state index in [0.29, 0.717) is 10.0 Å². The molecule has 0 spiro atoms. The monoisotopic (exact) mass is 405 g/mol. The Balaban J connectivity index is 2.20. The van der Waals surface area contributed by atoms with Crippen LogP contribution < -0.4 is 5.32 Å². The maximum Gasteiger partial charge on any atom is 0.0500 e. The summed E-state index contributed by atoms with van der Waals surface area (Å²) in [6.45, 7) is 4.19. The fraction of sp³-hybridized carbons (Fsp3) is 0.200. The summed E-state index contributed by atoms with van der Waals surface area (Å²) in [5.41, 5.74) is 3.42. The van der Waals surface area contributed by atoms with Gasteiger partial charge in [-0.05, 0) is 71.8 Å². The molecule has 4 heteroatoms. The van der Waals surface area contributed by atoms with Crippen LogP contribution in [0.4, 0.5) is 5.69 Å². The Labute approximate surface area is 137 Å². The lowest BCUT2D eigenvalue weighted by atomic mass is 10.1. The molecular weight excluding hydrogens is 392 g/mol. The third-order valence-electron chi connectivity index (χ3n) is 2.98. The van der Waals surface area contributed by atoms with Gasteiger partial charge >= 0.3 is 0 Å². The van der Waals surface area contributed by atoms with Crippen molar-refractivity contribution < 1.29 is 0 Å². The van der Waals surface area contributed by atoms with Crippen LogP contribution in [0.2, 0.25) is 10.0 Å². The molecule has 0 saturated carbocycles. The molecule has 0 aliphatic heterocycles. The third-order valence-corrected chi connectivity index (χ3v) is 4.71. The highest BCUT2D eigenvalue weighted by Crippen LogP contribution is 2.29. The van der Waals surface area contributed by atoms with Crippen molar-refractivity contribution >= 4 is 51.5 Å². The number of hydrogen-bond acceptors (Lipinski definition) is 1. The molecule has 0 fully saturated rings. The molecule has 1 unspecified atom stereocenters. The summed E-state index contributed by atoms with van der Waals surface area (Å²) < 4.78 is 1.25. The van der Waals surface area contributed by atoms with E-state index in [1.807, 2.05) is 12.1 Å². The van der Waals surface area contributed by atoms with Crippen molar-refractivity contribution in [2.24, 2.45) is 0 Å². The molecule has 0 heterocycles. The first-order valence-electron chi connectivity index (χ1n) is 5.95. The predicted molar refractivity (Wildman–Crippen MR) is 92.4 cm³/mol. The largest absolute Gasteiger partial charge is 0.378 e. The highest BCUT2D eigenvalue weighted by atomic mass is 127. The Hall–Kier alpha value is -0.450. The molecule has 0 bridgehead atoms. The summed E-state index contributed by atoms with van der Waals surface area (Å²) in [5, 5.41) is 4.80. The van der Waals surface area contributed by atoms with E-state index >= 15 is 0 Å². The standard InChI is InChI=1S/C15H14Cl2IN/c1-9-3-5-12(8-15(9)18)19-10(2)13-6-4-11(16)7-14(13)17/h3-8,10,19H,1-2H3. The molecule has 0 saturated heterocycles. The predicted octanol–water partition coefficient (Wildman–Crippen LogP) is 6.08. The van der Waals surface area contributed by atoms with Gasteiger partial charge < -0.3 is 5.32 Å². The second kappa shape index (κ2) is 6.33. The molecule has 2 aromatic carbocycles. The summed E-state index contributed by atoms with van der Waals surface area (Å²) in [6, 6.07) is 12.0. The van der Waals surface area contributed by atoms with Gasteiger partial charge in [0.2, 0.25) is 0 Å². The topological polar surface area (TPSA) is 12.0 Å². The molecule has 0 aliphatic carbocycles. The lowest BCUT2D eigenvalue weighted by Gasteiger charge is -2.17. The Bertz CT molecular complexity index is 599. The van der Waals surface area contributed by atoms with Gasteiger partial charge in [0, 0.05) is 25.3 Å². The average Bonchev–Trinajstić information content (AvgIpc) is 2.33. The summed E-state index contributed by atoms with van der Waals surface area (Å²) >= 11 is 14.5. The van der Waals surface area contributed by atoms with Gasteiger partial charge in [0.1, 0.15) is 0 Å². The fourth-order valence-electron chi connectivity index (χ4n) is 1.86. The normalized spacial score (nSPS) is 12.3. The molecule has 0 amide bonds. The molecule has 0 radical (unpaired) electrons. The number of rotatable bonds is 3. The zero-order chi connectivity index (χ0) is 14.0. The van der Waals surface area contributed by atoms with Gasteiger partial charge in [0.05, 0.1) is 0 Å². The first-order chi connectivity index (χ1) is 8.97. The van der Waals surface area contributed by atoms with Gasteiger partial charge in [0.25, 0.3) is 0 Å². The van der Waals surface area contributed by atoms with E-state index in [0.717, 1.165) is 11.3 Å². The van der Waals surface area contributed by atoms with E-state index in [4.69, 9.17) is 23.2 Å². The van der Waals surface area contributed by atoms with Crippen molar-refractivity contribution in [3.8, 4) is 0 Å². The molecule has 1 N–H and O–H groups in total. The molecule has 2 rings (SSSR count). The highest BCUT2D eigenvalue weighted by Gasteiger charge is 2.10. The second-order valence-corrected chi connectivity index (χ2v) is 6.50. The maximum absolute atomic E-state index is 6.22. The van der Waals surface area contributed by atoms with E-state index in [-0.39, 0.29) is 6.04 Å². The van der Waals surface area contributed by atoms with Gasteiger partial charge in [0.15, 0.2) is 0 Å². The minimum atomic E-state index is 0.128. The third kappa shape index (κ3) is 3.77. The zero-order valence-electron chi connectivity index (χ0n) is 10.7. The molecule has 100 valence electrons. The van der Waals surface area contributed by atoms with Crippen molar-refractivity contribution in [3.05, 3.63) is 61.1 Å². The van der Waals surface area contributed by atoms with Crippen LogP contribution >= 0.6 is 45.8 Å². The summed E-state index contributed by atoms with van der Waals surface area (Å²) in [6.07, 6.45) is 0. The molecule has 1 atom stereocenters. The number of hydrogen-bond donors (Lipinski definition) is 1. The first kappa shape index (κ1) is 14.9. The van der Waals surface area contributed by atoms with Crippen molar-refractivity contribution in [1.82, 2.24) is 0 Å². The number of anilines is 1. The van der Waals surface area contributed by atoms with Crippen LogP contribution in [-0.4, -0.2) is 0 Å². The molecule has 19 heavy (non-hydrogen) atoms. The van der Waals surface area contributed by atoms with E-state index in [9.17, 15) is 0 Å². The summed E-state index contributed by atoms with van der Waals surface area (Å²) in [7, 11) is 0. The van der Waals surface area contributed by atoms with Crippen LogP contribution in [0.15, 0.2) is 36.4 Å². The van der Waals surface area contributed by atoms with Crippen molar-refractivity contribution in [3.63, 3.8) is 0 Å². The van der Waals surface area contributed by atoms with Gasteiger partial charge in [-0.2, -0.15) is 0 Å². The number of nitrogens with one attached hydrogen (secondary N) is 1. The quantitative estimate of drug-likeness (QED) is 0.610. The lowest BCUT2D eigenvalue weighted by Crippen LogP contribution is -2.07. The van der Waals surface area contributed by atoms with Crippen LogP contribution in [0.1, 0.15) is 24.1 Å². The minimum absolute atomic E-state index is 0.128. The second-order valence-electron chi connectivity index (χ2n) is 4.50. The van der Waals surface area contributed by atoms with Crippen LogP contribution in [0.3, 0.4) is 0 Å². The number of benzene rings is 2. The molecule has 2 aromatic rings. The smallest absolute Gasteiger partial charge is 0.0500 e. The lowest BCUT2D eigenvalue weighted by molar-refractivity contribution is 0.885. The SMILES string of the molecule is Cc1ccc(NC(C)c2ccc(Cl)cc2Cl)cc1I. The van der Waals surface area contributed by atoms with E-state index in [1.54, 1.807) is 6.07 Å². The molecular formula is C15H14Cl2IN. The molecule has 0 aliphatic rings. The minimum Gasteiger partial charge on any atom is -0.378 e. The Kier molecular flexibility index (Phi) is 4.98. The number of aryl methyl sites for hydroxylation is 1. The van der Waals surface area contributed by atoms with E-state index < -0.39 is 0 Å². The summed E-state index contributed by atoms with van der Waals surface area (Å²) in [4.78, 5) is 0. The van der Waals surface area contributed by atoms with Gasteiger partial charge in [-0.25, -0.2) is 0 Å². The summed E-state index contributed by atoms with van der Waals surface area (Å²) in [5.74, 6) is 0. The van der Waals surface area contributed by atoms with Crippen LogP contribution in [0.5, 0.6) is 0 Å². The highest BCUT2D eigenvalue weighted by molar-refractivity contribution is 14.1. The van der Waals surface area contributed by atoms with Crippen molar-refractivity contribution in [2.75, 3.05) is 5.32 Å². The average molecular weight is 406 g/mol. The van der Waals surface area contributed by atoms with Gasteiger partial charge in [-0.15, -0.1) is 0 Å². The Morgan fingerprint density at radius 2 is 1.84 bits per heavy atom. The maximum atomic E-state index is 6.22. The van der Waals surface area contributed by atoms with E-state index in [2.05, 4.69) is 60.0 Å². The zero-order valence-corrected chi connectivity index (χ0v) is 14.3. The number of halogens is 3. The van der Waals surface area contributed by atoms with E-state index in [1.165, 1.54) is 9.13 Å². The van der Waals surface area contributed by atoms with Crippen LogP contribution in [0, 0.1) is 10.5 Å². The van der Waals surface area contributed by atoms with Gasteiger partial charge in [-0.1, -0.05) is 35.3 Å². The Morgan fingerprint density at radius 3 is 2.47 bits per heavy atom. The first-order valence-corrected chi connectivity index (χ1v) is 7.78. The van der Waals surface area contributed by atoms with Crippen LogP contribution in [0.25, 0.3) is 0 Å². The molecule has 0 aromatic heterocycles. The van der Waals surface area contributed by atoms with Crippen molar-refractivity contribution in [2.45, 2.75) is 19.9 Å². The van der Waals surface area contributed by atoms with Gasteiger partial charge in [-0.3, -0.25) is 0 Å². The fourth-order valence-corrected chi connectivity index (χ4v) is 2.95.